The zero-order valence-electron chi connectivity index (χ0n) is 15.4. The van der Waals surface area contributed by atoms with Gasteiger partial charge in [0.15, 0.2) is 5.69 Å². The van der Waals surface area contributed by atoms with Gasteiger partial charge in [0.1, 0.15) is 5.82 Å². The van der Waals surface area contributed by atoms with Gasteiger partial charge in [-0.25, -0.2) is 9.67 Å². The van der Waals surface area contributed by atoms with E-state index in [2.05, 4.69) is 15.1 Å². The molecular weight excluding hydrogens is 354 g/mol. The summed E-state index contributed by atoms with van der Waals surface area (Å²) in [6.07, 6.45) is 1.74. The molecule has 0 radical (unpaired) electrons. The molecule has 7 nitrogen and oxygen atoms in total. The summed E-state index contributed by atoms with van der Waals surface area (Å²) in [5.74, 6) is 0.621. The molecule has 1 aliphatic heterocycles. The Morgan fingerprint density at radius 1 is 1.11 bits per heavy atom. The number of aromatic amines is 1. The molecule has 0 bridgehead atoms. The lowest BCUT2D eigenvalue weighted by molar-refractivity contribution is 0.0724. The fraction of sp³-hybridized carbons (Fsp3) is 0.238. The van der Waals surface area contributed by atoms with Crippen molar-refractivity contribution in [3.05, 3.63) is 70.4 Å². The first-order chi connectivity index (χ1) is 13.6. The zero-order chi connectivity index (χ0) is 19.3. The molecule has 1 atom stereocenters. The molecule has 2 aromatic carbocycles. The Morgan fingerprint density at radius 3 is 2.68 bits per heavy atom. The number of H-pyrrole nitrogens is 1. The number of nitrogens with zero attached hydrogens (tertiary/aromatic N) is 4. The number of aromatic nitrogens is 4. The van der Waals surface area contributed by atoms with Gasteiger partial charge in [0.05, 0.1) is 22.5 Å². The molecule has 0 saturated carbocycles. The van der Waals surface area contributed by atoms with Crippen LogP contribution >= 0.6 is 0 Å². The minimum Gasteiger partial charge on any atom is -0.340 e. The third-order valence-corrected chi connectivity index (χ3v) is 5.40. The Balaban J connectivity index is 1.59. The summed E-state index contributed by atoms with van der Waals surface area (Å²) in [6.45, 7) is 0.638. The van der Waals surface area contributed by atoms with Gasteiger partial charge >= 0.3 is 0 Å². The van der Waals surface area contributed by atoms with Crippen LogP contribution in [-0.2, 0) is 7.05 Å². The minimum atomic E-state index is -0.206. The summed E-state index contributed by atoms with van der Waals surface area (Å²) in [6, 6.07) is 14.9. The highest BCUT2D eigenvalue weighted by molar-refractivity contribution is 6.05. The molecule has 140 valence electrons. The molecule has 0 aliphatic carbocycles. The molecule has 2 aromatic heterocycles. The van der Waals surface area contributed by atoms with Gasteiger partial charge in [0, 0.05) is 19.0 Å². The lowest BCUT2D eigenvalue weighted by atomic mass is 10.1. The van der Waals surface area contributed by atoms with Crippen LogP contribution in [0.1, 0.15) is 35.2 Å². The monoisotopic (exact) mass is 373 g/mol. The number of aryl methyl sites for hydroxylation is 1. The fourth-order valence-electron chi connectivity index (χ4n) is 4.02. The number of carbonyl (C=O) groups excluding carboxylic acids is 1. The molecule has 5 rings (SSSR count). The first-order valence-corrected chi connectivity index (χ1v) is 9.35. The highest BCUT2D eigenvalue weighted by Crippen LogP contribution is 2.33. The highest BCUT2D eigenvalue weighted by Gasteiger charge is 2.34. The van der Waals surface area contributed by atoms with Crippen LogP contribution in [-0.4, -0.2) is 37.1 Å². The van der Waals surface area contributed by atoms with E-state index in [0.29, 0.717) is 23.0 Å². The number of hydrogen-bond donors (Lipinski definition) is 1. The number of rotatable bonds is 2. The van der Waals surface area contributed by atoms with Gasteiger partial charge in [-0.2, -0.15) is 5.10 Å². The number of likely N-dealkylation sites (tertiary alicyclic amines) is 1. The van der Waals surface area contributed by atoms with Crippen molar-refractivity contribution in [3.8, 4) is 0 Å². The second kappa shape index (κ2) is 6.30. The lowest BCUT2D eigenvalue weighted by Crippen LogP contribution is -2.34. The van der Waals surface area contributed by atoms with Gasteiger partial charge in [0.25, 0.3) is 11.5 Å². The second-order valence-electron chi connectivity index (χ2n) is 7.12. The number of para-hydroxylation sites is 2. The van der Waals surface area contributed by atoms with Gasteiger partial charge in [-0.15, -0.1) is 0 Å². The van der Waals surface area contributed by atoms with Crippen molar-refractivity contribution in [2.24, 2.45) is 7.05 Å². The molecule has 1 amide bonds. The van der Waals surface area contributed by atoms with Crippen molar-refractivity contribution in [1.82, 2.24) is 24.6 Å². The number of nitrogens with one attached hydrogen (secondary N) is 1. The van der Waals surface area contributed by atoms with E-state index in [1.54, 1.807) is 25.2 Å². The van der Waals surface area contributed by atoms with Crippen molar-refractivity contribution in [3.63, 3.8) is 0 Å². The van der Waals surface area contributed by atoms with E-state index in [0.717, 1.165) is 29.7 Å². The molecule has 1 aliphatic rings. The molecule has 7 heteroatoms. The second-order valence-corrected chi connectivity index (χ2v) is 7.12. The summed E-state index contributed by atoms with van der Waals surface area (Å²) in [4.78, 5) is 35.7. The van der Waals surface area contributed by atoms with Crippen molar-refractivity contribution in [2.45, 2.75) is 18.9 Å². The van der Waals surface area contributed by atoms with Crippen molar-refractivity contribution < 1.29 is 4.79 Å². The predicted molar refractivity (Wildman–Crippen MR) is 106 cm³/mol. The molecule has 4 aromatic rings. The number of imidazole rings is 1. The smallest absolute Gasteiger partial charge is 0.275 e. The van der Waals surface area contributed by atoms with E-state index in [9.17, 15) is 9.59 Å². The van der Waals surface area contributed by atoms with E-state index in [1.165, 1.54) is 4.68 Å². The Morgan fingerprint density at radius 2 is 1.86 bits per heavy atom. The topological polar surface area (TPSA) is 83.9 Å². The Kier molecular flexibility index (Phi) is 3.75. The Bertz CT molecular complexity index is 1240. The lowest BCUT2D eigenvalue weighted by Gasteiger charge is -2.23. The molecule has 3 heterocycles. The average molecular weight is 373 g/mol. The molecular formula is C21H19N5O2. The van der Waals surface area contributed by atoms with E-state index in [1.807, 2.05) is 35.2 Å². The van der Waals surface area contributed by atoms with Crippen LogP contribution in [0.2, 0.25) is 0 Å². The van der Waals surface area contributed by atoms with E-state index >= 15 is 0 Å². The summed E-state index contributed by atoms with van der Waals surface area (Å²) < 4.78 is 1.24. The number of amides is 1. The van der Waals surface area contributed by atoms with Crippen molar-refractivity contribution >= 4 is 27.7 Å². The van der Waals surface area contributed by atoms with Crippen LogP contribution < -0.4 is 5.56 Å². The highest BCUT2D eigenvalue weighted by atomic mass is 16.2. The maximum absolute atomic E-state index is 13.4. The van der Waals surface area contributed by atoms with E-state index in [-0.39, 0.29) is 17.5 Å². The van der Waals surface area contributed by atoms with Gasteiger partial charge < -0.3 is 9.88 Å². The van der Waals surface area contributed by atoms with Crippen LogP contribution in [0.5, 0.6) is 0 Å². The summed E-state index contributed by atoms with van der Waals surface area (Å²) in [7, 11) is 1.58. The summed E-state index contributed by atoms with van der Waals surface area (Å²) in [5, 5.41) is 5.39. The van der Waals surface area contributed by atoms with Crippen LogP contribution in [0.4, 0.5) is 0 Å². The minimum absolute atomic E-state index is 0.127. The third kappa shape index (κ3) is 2.51. The molecule has 1 N–H and O–H groups in total. The molecule has 1 saturated heterocycles. The van der Waals surface area contributed by atoms with Crippen LogP contribution in [0, 0.1) is 0 Å². The molecule has 0 unspecified atom stereocenters. The fourth-order valence-corrected chi connectivity index (χ4v) is 4.02. The van der Waals surface area contributed by atoms with E-state index < -0.39 is 0 Å². The van der Waals surface area contributed by atoms with E-state index in [4.69, 9.17) is 0 Å². The summed E-state index contributed by atoms with van der Waals surface area (Å²) >= 11 is 0. The summed E-state index contributed by atoms with van der Waals surface area (Å²) in [5.41, 5.74) is 1.95. The quantitative estimate of drug-likeness (QED) is 0.586. The van der Waals surface area contributed by atoms with Crippen LogP contribution in [0.3, 0.4) is 0 Å². The Hall–Kier alpha value is -3.48. The van der Waals surface area contributed by atoms with Gasteiger partial charge in [-0.3, -0.25) is 9.59 Å². The predicted octanol–water partition coefficient (Wildman–Crippen LogP) is 2.79. The zero-order valence-corrected chi connectivity index (χ0v) is 15.4. The van der Waals surface area contributed by atoms with Crippen LogP contribution in [0.25, 0.3) is 21.8 Å². The van der Waals surface area contributed by atoms with Crippen molar-refractivity contribution in [2.75, 3.05) is 6.54 Å². The number of benzene rings is 2. The van der Waals surface area contributed by atoms with Gasteiger partial charge in [-0.05, 0) is 31.0 Å². The van der Waals surface area contributed by atoms with Gasteiger partial charge in [-0.1, -0.05) is 30.3 Å². The standard InChI is InChI=1S/C21H19N5O2/c1-25-20(27)14-8-3-2-7-13(14)18(24-25)21(28)26-12-6-11-17(26)19-22-15-9-4-5-10-16(15)23-19/h2-5,7-10,17H,6,11-12H2,1H3,(H,22,23)/t17-/m0/s1. The normalized spacial score (nSPS) is 16.9. The number of hydrogen-bond acceptors (Lipinski definition) is 4. The van der Waals surface area contributed by atoms with Crippen LogP contribution in [0.15, 0.2) is 53.3 Å². The number of carbonyl (C=O) groups is 1. The third-order valence-electron chi connectivity index (χ3n) is 5.40. The van der Waals surface area contributed by atoms with Crippen molar-refractivity contribution in [1.29, 1.82) is 0 Å². The van der Waals surface area contributed by atoms with Gasteiger partial charge in [0.2, 0.25) is 0 Å². The first kappa shape index (κ1) is 16.7. The average Bonchev–Trinajstić information content (AvgIpc) is 3.36. The molecule has 1 fully saturated rings. The largest absolute Gasteiger partial charge is 0.340 e. The first-order valence-electron chi connectivity index (χ1n) is 9.35. The number of fused-ring (bicyclic) bond motifs is 2. The maximum atomic E-state index is 13.4. The molecule has 28 heavy (non-hydrogen) atoms. The maximum Gasteiger partial charge on any atom is 0.275 e. The molecule has 0 spiro atoms. The SMILES string of the molecule is Cn1nc(C(=O)N2CCC[C@H]2c2nc3ccccc3[nH]2)c2ccccc2c1=O. The Labute approximate surface area is 160 Å².